The quantitative estimate of drug-likeness (QED) is 0.560. The zero-order valence-electron chi connectivity index (χ0n) is 7.84. The molecule has 1 unspecified atom stereocenters. The predicted octanol–water partition coefficient (Wildman–Crippen LogP) is 3.33. The highest BCUT2D eigenvalue weighted by Gasteiger charge is 2.25. The van der Waals surface area contributed by atoms with Gasteiger partial charge >= 0.3 is 0 Å². The molecule has 0 bridgehead atoms. The predicted molar refractivity (Wildman–Crippen MR) is 53.7 cm³/mol. The van der Waals surface area contributed by atoms with E-state index in [1.165, 1.54) is 37.7 Å². The first-order chi connectivity index (χ1) is 6.45. The van der Waals surface area contributed by atoms with Crippen molar-refractivity contribution in [3.8, 4) is 0 Å². The first-order valence-corrected chi connectivity index (χ1v) is 5.31. The Morgan fingerprint density at radius 2 is 2.23 bits per heavy atom. The van der Waals surface area contributed by atoms with Crippen molar-refractivity contribution < 1.29 is 0 Å². The molecule has 0 saturated carbocycles. The second-order valence-electron chi connectivity index (χ2n) is 4.18. The van der Waals surface area contributed by atoms with Crippen LogP contribution in [0.5, 0.6) is 0 Å². The van der Waals surface area contributed by atoms with Crippen LogP contribution in [0.3, 0.4) is 0 Å². The molecule has 2 aliphatic carbocycles. The van der Waals surface area contributed by atoms with E-state index >= 15 is 0 Å². The van der Waals surface area contributed by atoms with E-state index in [4.69, 9.17) is 0 Å². The van der Waals surface area contributed by atoms with Crippen molar-refractivity contribution in [2.45, 2.75) is 38.0 Å². The third-order valence-electron chi connectivity index (χ3n) is 3.41. The maximum absolute atomic E-state index is 3.50. The molecule has 0 nitrogen and oxygen atoms in total. The van der Waals surface area contributed by atoms with E-state index in [1.807, 2.05) is 0 Å². The van der Waals surface area contributed by atoms with Crippen molar-refractivity contribution in [3.05, 3.63) is 41.3 Å². The van der Waals surface area contributed by atoms with Crippen LogP contribution >= 0.6 is 0 Å². The highest BCUT2D eigenvalue weighted by Crippen LogP contribution is 2.41. The zero-order chi connectivity index (χ0) is 8.67. The molecule has 66 valence electrons. The minimum atomic E-state index is 0.862. The van der Waals surface area contributed by atoms with Crippen molar-refractivity contribution >= 4 is 0 Å². The normalized spacial score (nSPS) is 21.2. The average Bonchev–Trinajstić information content (AvgIpc) is 2.19. The Morgan fingerprint density at radius 1 is 1.23 bits per heavy atom. The molecule has 0 aromatic heterocycles. The van der Waals surface area contributed by atoms with Gasteiger partial charge in [0.05, 0.1) is 0 Å². The van der Waals surface area contributed by atoms with Crippen LogP contribution < -0.4 is 0 Å². The third-order valence-corrected chi connectivity index (χ3v) is 3.41. The summed E-state index contributed by atoms with van der Waals surface area (Å²) in [6.45, 7) is 0. The Hall–Kier alpha value is -0.780. The smallest absolute Gasteiger partial charge is 0.0168 e. The Bertz CT molecular complexity index is 297. The van der Waals surface area contributed by atoms with Gasteiger partial charge in [-0.15, -0.1) is 0 Å². The largest absolute Gasteiger partial charge is 0.0617 e. The minimum Gasteiger partial charge on any atom is -0.0617 e. The Labute approximate surface area is 80.0 Å². The van der Waals surface area contributed by atoms with E-state index in [1.54, 1.807) is 11.1 Å². The van der Waals surface area contributed by atoms with E-state index in [0.29, 0.717) is 0 Å². The summed E-state index contributed by atoms with van der Waals surface area (Å²) in [6.07, 6.45) is 10.1. The highest BCUT2D eigenvalue weighted by molar-refractivity contribution is 5.45. The van der Waals surface area contributed by atoms with Crippen LogP contribution in [0.2, 0.25) is 0 Å². The molecule has 1 aromatic rings. The van der Waals surface area contributed by atoms with E-state index < -0.39 is 0 Å². The lowest BCUT2D eigenvalue weighted by Crippen LogP contribution is -2.15. The van der Waals surface area contributed by atoms with Crippen LogP contribution in [-0.2, 0) is 6.42 Å². The minimum absolute atomic E-state index is 0.862. The molecule has 0 aliphatic heterocycles. The lowest BCUT2D eigenvalue weighted by atomic mass is 9.74. The molecule has 0 spiro atoms. The summed E-state index contributed by atoms with van der Waals surface area (Å²) in [5.41, 5.74) is 4.65. The molecule has 0 fully saturated rings. The Morgan fingerprint density at radius 3 is 3.23 bits per heavy atom. The molecule has 0 heteroatoms. The molecule has 3 rings (SSSR count). The second kappa shape index (κ2) is 2.87. The molecule has 2 aliphatic rings. The fourth-order valence-electron chi connectivity index (χ4n) is 2.82. The van der Waals surface area contributed by atoms with Crippen molar-refractivity contribution in [2.24, 2.45) is 0 Å². The lowest BCUT2D eigenvalue weighted by molar-refractivity contribution is 0.502. The summed E-state index contributed by atoms with van der Waals surface area (Å²) < 4.78 is 0. The van der Waals surface area contributed by atoms with Crippen LogP contribution in [0.4, 0.5) is 0 Å². The van der Waals surface area contributed by atoms with Gasteiger partial charge in [-0.2, -0.15) is 0 Å². The van der Waals surface area contributed by atoms with Crippen molar-refractivity contribution in [2.75, 3.05) is 0 Å². The fraction of sp³-hybridized carbons (Fsp3) is 0.462. The van der Waals surface area contributed by atoms with Crippen LogP contribution in [0.25, 0.3) is 0 Å². The maximum atomic E-state index is 3.50. The molecule has 0 N–H and O–H groups in total. The summed E-state index contributed by atoms with van der Waals surface area (Å²) in [7, 11) is 0. The molecule has 0 heterocycles. The summed E-state index contributed by atoms with van der Waals surface area (Å²) in [5.74, 6) is 0.862. The molecule has 1 atom stereocenters. The standard InChI is InChI=1S/C13H14/c1-4-10-6-2-8-12-9-3-7-11(5-1)13(10)12/h1,4-5,12H,2-3,6,8-9H2. The highest BCUT2D eigenvalue weighted by atomic mass is 14.3. The zero-order valence-corrected chi connectivity index (χ0v) is 7.84. The van der Waals surface area contributed by atoms with Crippen molar-refractivity contribution in [3.63, 3.8) is 0 Å². The monoisotopic (exact) mass is 170 g/mol. The summed E-state index contributed by atoms with van der Waals surface area (Å²) in [5, 5.41) is 0. The molecule has 0 saturated heterocycles. The number of hydrogen-bond acceptors (Lipinski definition) is 0. The number of benzene rings is 1. The van der Waals surface area contributed by atoms with Gasteiger partial charge in [0.25, 0.3) is 0 Å². The van der Waals surface area contributed by atoms with Crippen LogP contribution in [0, 0.1) is 6.42 Å². The van der Waals surface area contributed by atoms with Gasteiger partial charge in [-0.25, -0.2) is 0 Å². The maximum Gasteiger partial charge on any atom is 0.0168 e. The summed E-state index contributed by atoms with van der Waals surface area (Å²) in [4.78, 5) is 0. The van der Waals surface area contributed by atoms with E-state index in [0.717, 1.165) is 5.92 Å². The molecule has 13 heavy (non-hydrogen) atoms. The topological polar surface area (TPSA) is 0 Å². The van der Waals surface area contributed by atoms with Gasteiger partial charge in [-0.05, 0) is 54.7 Å². The lowest BCUT2D eigenvalue weighted by Gasteiger charge is -2.31. The van der Waals surface area contributed by atoms with Crippen molar-refractivity contribution in [1.29, 1.82) is 0 Å². The van der Waals surface area contributed by atoms with Gasteiger partial charge in [-0.3, -0.25) is 0 Å². The number of hydrogen-bond donors (Lipinski definition) is 0. The number of rotatable bonds is 0. The molecule has 1 aromatic carbocycles. The van der Waals surface area contributed by atoms with Gasteiger partial charge in [0.15, 0.2) is 0 Å². The molecule has 2 radical (unpaired) electrons. The van der Waals surface area contributed by atoms with Gasteiger partial charge in [-0.1, -0.05) is 18.2 Å². The van der Waals surface area contributed by atoms with Gasteiger partial charge in [0.2, 0.25) is 0 Å². The van der Waals surface area contributed by atoms with E-state index in [-0.39, 0.29) is 0 Å². The van der Waals surface area contributed by atoms with Crippen LogP contribution in [-0.4, -0.2) is 0 Å². The van der Waals surface area contributed by atoms with Crippen LogP contribution in [0.15, 0.2) is 18.2 Å². The molecular formula is C13H14. The van der Waals surface area contributed by atoms with Gasteiger partial charge in [0, 0.05) is 6.42 Å². The van der Waals surface area contributed by atoms with E-state index in [9.17, 15) is 0 Å². The Kier molecular flexibility index (Phi) is 1.68. The molecular weight excluding hydrogens is 156 g/mol. The SMILES string of the molecule is [C]1CCC2CCCc3cccc1c32. The first-order valence-electron chi connectivity index (χ1n) is 5.31. The average molecular weight is 170 g/mol. The second-order valence-corrected chi connectivity index (χ2v) is 4.18. The summed E-state index contributed by atoms with van der Waals surface area (Å²) >= 11 is 0. The van der Waals surface area contributed by atoms with Gasteiger partial charge in [0.1, 0.15) is 0 Å². The van der Waals surface area contributed by atoms with E-state index in [2.05, 4.69) is 24.6 Å². The first kappa shape index (κ1) is 7.61. The van der Waals surface area contributed by atoms with Crippen molar-refractivity contribution in [1.82, 2.24) is 0 Å². The third kappa shape index (κ3) is 1.12. The number of aryl methyl sites for hydroxylation is 1. The fourth-order valence-corrected chi connectivity index (χ4v) is 2.82. The Balaban J connectivity index is 2.18. The van der Waals surface area contributed by atoms with Crippen LogP contribution in [0.1, 0.15) is 48.3 Å². The van der Waals surface area contributed by atoms with Gasteiger partial charge < -0.3 is 0 Å². The summed E-state index contributed by atoms with van der Waals surface area (Å²) in [6, 6.07) is 6.73. The molecule has 0 amide bonds.